The fraction of sp³-hybridized carbons (Fsp3) is 0.476. The number of anilines is 1. The lowest BCUT2D eigenvalue weighted by molar-refractivity contribution is -0.118. The highest BCUT2D eigenvalue weighted by molar-refractivity contribution is 9.09. The monoisotopic (exact) mass is 396 g/mol. The summed E-state index contributed by atoms with van der Waals surface area (Å²) in [6.45, 7) is 2.25. The Morgan fingerprint density at radius 2 is 2.20 bits per heavy atom. The summed E-state index contributed by atoms with van der Waals surface area (Å²) in [7, 11) is 0. The van der Waals surface area contributed by atoms with E-state index < -0.39 is 0 Å². The quantitative estimate of drug-likeness (QED) is 0.536. The molecular formula is C21H21BrN2O. The van der Waals surface area contributed by atoms with Crippen LogP contribution in [0.4, 0.5) is 5.69 Å². The van der Waals surface area contributed by atoms with E-state index in [9.17, 15) is 4.79 Å². The first-order chi connectivity index (χ1) is 12.3. The zero-order chi connectivity index (χ0) is 16.8. The van der Waals surface area contributed by atoms with Crippen molar-refractivity contribution in [2.45, 2.75) is 36.8 Å². The molecule has 0 unspecified atom stereocenters. The molecule has 6 rings (SSSR count). The molecule has 1 amide bonds. The van der Waals surface area contributed by atoms with E-state index in [1.807, 2.05) is 0 Å². The third-order valence-corrected chi connectivity index (χ3v) is 7.71. The molecule has 0 radical (unpaired) electrons. The second-order valence-corrected chi connectivity index (χ2v) is 8.74. The number of nitrogens with zero attached hydrogens (tertiary/aromatic N) is 2. The number of para-hydroxylation sites is 1. The van der Waals surface area contributed by atoms with E-state index in [1.54, 1.807) is 5.57 Å². The van der Waals surface area contributed by atoms with Gasteiger partial charge in [0, 0.05) is 41.4 Å². The maximum atomic E-state index is 12.9. The van der Waals surface area contributed by atoms with Crippen molar-refractivity contribution >= 4 is 27.5 Å². The summed E-state index contributed by atoms with van der Waals surface area (Å²) in [4.78, 5) is 17.8. The molecule has 1 aromatic rings. The molecular weight excluding hydrogens is 376 g/mol. The van der Waals surface area contributed by atoms with Gasteiger partial charge >= 0.3 is 0 Å². The maximum Gasteiger partial charge on any atom is 0.231 e. The first-order valence-electron chi connectivity index (χ1n) is 9.36. The van der Waals surface area contributed by atoms with Crippen molar-refractivity contribution in [2.24, 2.45) is 5.92 Å². The number of allylic oxidation sites excluding steroid dienone is 1. The van der Waals surface area contributed by atoms with Crippen molar-refractivity contribution < 1.29 is 4.79 Å². The molecule has 4 atom stereocenters. The molecule has 1 saturated carbocycles. The van der Waals surface area contributed by atoms with Gasteiger partial charge in [-0.05, 0) is 36.6 Å². The van der Waals surface area contributed by atoms with Gasteiger partial charge < -0.3 is 4.90 Å². The molecule has 2 bridgehead atoms. The number of amides is 1. The molecule has 2 saturated heterocycles. The zero-order valence-corrected chi connectivity index (χ0v) is 15.7. The summed E-state index contributed by atoms with van der Waals surface area (Å²) in [6, 6.07) is 9.54. The number of fused-ring (bicyclic) bond motifs is 4. The van der Waals surface area contributed by atoms with Gasteiger partial charge in [-0.15, -0.1) is 0 Å². The molecule has 3 fully saturated rings. The minimum Gasteiger partial charge on any atom is -0.304 e. The number of alkyl halides is 1. The Kier molecular flexibility index (Phi) is 2.87. The fourth-order valence-corrected chi connectivity index (χ4v) is 7.02. The van der Waals surface area contributed by atoms with Crippen LogP contribution >= 0.6 is 15.9 Å². The van der Waals surface area contributed by atoms with Gasteiger partial charge in [0.25, 0.3) is 0 Å². The van der Waals surface area contributed by atoms with E-state index in [2.05, 4.69) is 62.1 Å². The number of carbonyl (C=O) groups excluding carboxylic acids is 1. The lowest BCUT2D eigenvalue weighted by atomic mass is 9.57. The van der Waals surface area contributed by atoms with Crippen LogP contribution in [-0.2, 0) is 10.2 Å². The smallest absolute Gasteiger partial charge is 0.231 e. The highest BCUT2D eigenvalue weighted by Crippen LogP contribution is 2.63. The Bertz CT molecular complexity index is 859. The van der Waals surface area contributed by atoms with Gasteiger partial charge in [-0.2, -0.15) is 0 Å². The third-order valence-electron chi connectivity index (χ3n) is 7.39. The fourth-order valence-electron chi connectivity index (χ4n) is 6.60. The summed E-state index contributed by atoms with van der Waals surface area (Å²) >= 11 is 3.60. The van der Waals surface area contributed by atoms with E-state index in [4.69, 9.17) is 0 Å². The number of carbonyl (C=O) groups is 1. The second-order valence-electron chi connectivity index (χ2n) is 8.09. The van der Waals surface area contributed by atoms with Crippen LogP contribution < -0.4 is 4.90 Å². The average molecular weight is 397 g/mol. The van der Waals surface area contributed by atoms with Crippen molar-refractivity contribution in [3.8, 4) is 0 Å². The summed E-state index contributed by atoms with van der Waals surface area (Å²) in [5, 5.41) is 0.920. The van der Waals surface area contributed by atoms with Gasteiger partial charge in [-0.1, -0.05) is 51.9 Å². The predicted molar refractivity (Wildman–Crippen MR) is 102 cm³/mol. The van der Waals surface area contributed by atoms with E-state index in [-0.39, 0.29) is 17.4 Å². The number of halogens is 1. The summed E-state index contributed by atoms with van der Waals surface area (Å²) < 4.78 is 0. The van der Waals surface area contributed by atoms with Crippen LogP contribution in [0.25, 0.3) is 0 Å². The molecule has 4 heterocycles. The average Bonchev–Trinajstić information content (AvgIpc) is 3.17. The number of rotatable bonds is 1. The van der Waals surface area contributed by atoms with E-state index in [1.165, 1.54) is 29.7 Å². The van der Waals surface area contributed by atoms with Crippen molar-refractivity contribution in [3.05, 3.63) is 53.1 Å². The highest BCUT2D eigenvalue weighted by atomic mass is 79.9. The first-order valence-corrected chi connectivity index (χ1v) is 10.5. The molecule has 25 heavy (non-hydrogen) atoms. The van der Waals surface area contributed by atoms with Crippen molar-refractivity contribution in [3.63, 3.8) is 0 Å². The molecule has 1 spiro atoms. The van der Waals surface area contributed by atoms with Gasteiger partial charge in [-0.25, -0.2) is 0 Å². The SMILES string of the molecule is O=C1CC=C2[C@H]3C[C@H]4N(CC[C@]45c4ccccc4N1[C@@H]25)C/C3=C\CBr. The summed E-state index contributed by atoms with van der Waals surface area (Å²) in [6.07, 6.45) is 7.61. The molecule has 4 heteroatoms. The highest BCUT2D eigenvalue weighted by Gasteiger charge is 2.67. The number of hydrogen-bond donors (Lipinski definition) is 0. The van der Waals surface area contributed by atoms with E-state index in [0.717, 1.165) is 18.4 Å². The standard InChI is InChI=1S/C21H21BrN2O/c22-9-7-13-12-23-10-8-21-16-3-1-2-4-17(16)24-19(25)6-5-14(20(21)24)15(13)11-18(21)23/h1-5,7,15,18,20H,6,8-12H2/b13-7+/t15-,18+,20-,21-/m0/s1. The number of piperidine rings is 1. The van der Waals surface area contributed by atoms with Crippen LogP contribution in [0, 0.1) is 5.92 Å². The molecule has 1 aromatic carbocycles. The molecule has 1 aliphatic carbocycles. The summed E-state index contributed by atoms with van der Waals surface area (Å²) in [5.41, 5.74) is 5.82. The minimum atomic E-state index is 0.120. The zero-order valence-electron chi connectivity index (χ0n) is 14.1. The number of hydrogen-bond acceptors (Lipinski definition) is 2. The predicted octanol–water partition coefficient (Wildman–Crippen LogP) is 3.40. The van der Waals surface area contributed by atoms with Crippen LogP contribution in [0.15, 0.2) is 47.6 Å². The van der Waals surface area contributed by atoms with Gasteiger partial charge in [0.05, 0.1) is 6.04 Å². The van der Waals surface area contributed by atoms with Gasteiger partial charge in [0.15, 0.2) is 0 Å². The largest absolute Gasteiger partial charge is 0.304 e. The lowest BCUT2D eigenvalue weighted by Crippen LogP contribution is -2.62. The van der Waals surface area contributed by atoms with Crippen LogP contribution in [0.5, 0.6) is 0 Å². The van der Waals surface area contributed by atoms with Crippen molar-refractivity contribution in [2.75, 3.05) is 23.3 Å². The lowest BCUT2D eigenvalue weighted by Gasteiger charge is -2.54. The maximum absolute atomic E-state index is 12.9. The molecule has 128 valence electrons. The molecule has 0 N–H and O–H groups in total. The Morgan fingerprint density at radius 1 is 1.32 bits per heavy atom. The second kappa shape index (κ2) is 4.86. The Labute approximate surface area is 156 Å². The van der Waals surface area contributed by atoms with E-state index in [0.29, 0.717) is 18.4 Å². The van der Waals surface area contributed by atoms with Gasteiger partial charge in [0.1, 0.15) is 0 Å². The summed E-state index contributed by atoms with van der Waals surface area (Å²) in [5.74, 6) is 0.808. The van der Waals surface area contributed by atoms with Gasteiger partial charge in [0.2, 0.25) is 5.91 Å². The van der Waals surface area contributed by atoms with Crippen molar-refractivity contribution in [1.29, 1.82) is 0 Å². The van der Waals surface area contributed by atoms with Crippen LogP contribution in [0.3, 0.4) is 0 Å². The number of benzene rings is 1. The van der Waals surface area contributed by atoms with Crippen LogP contribution in [-0.4, -0.2) is 41.3 Å². The topological polar surface area (TPSA) is 23.6 Å². The molecule has 3 nitrogen and oxygen atoms in total. The first kappa shape index (κ1) is 14.7. The molecule has 4 aliphatic heterocycles. The third kappa shape index (κ3) is 1.59. The normalized spacial score (nSPS) is 39.5. The van der Waals surface area contributed by atoms with E-state index >= 15 is 0 Å². The van der Waals surface area contributed by atoms with Crippen LogP contribution in [0.2, 0.25) is 0 Å². The Hall–Kier alpha value is -1.39. The Morgan fingerprint density at radius 3 is 3.08 bits per heavy atom. The van der Waals surface area contributed by atoms with Crippen LogP contribution in [0.1, 0.15) is 24.8 Å². The Balaban J connectivity index is 1.64. The molecule has 0 aromatic heterocycles. The van der Waals surface area contributed by atoms with Gasteiger partial charge in [-0.3, -0.25) is 9.69 Å². The molecule has 5 aliphatic rings. The van der Waals surface area contributed by atoms with Crippen molar-refractivity contribution in [1.82, 2.24) is 4.90 Å². The minimum absolute atomic E-state index is 0.120.